The van der Waals surface area contributed by atoms with Gasteiger partial charge in [-0.2, -0.15) is 0 Å². The second-order valence-corrected chi connectivity index (χ2v) is 8.28. The summed E-state index contributed by atoms with van der Waals surface area (Å²) >= 11 is 6.34. The Labute approximate surface area is 175 Å². The molecular formula is C23H25ClN2O3. The molecule has 1 fully saturated rings. The minimum Gasteiger partial charge on any atom is -0.497 e. The van der Waals surface area contributed by atoms with Crippen molar-refractivity contribution in [2.45, 2.75) is 25.3 Å². The van der Waals surface area contributed by atoms with Crippen molar-refractivity contribution in [3.63, 3.8) is 0 Å². The van der Waals surface area contributed by atoms with E-state index in [1.165, 1.54) is 22.2 Å². The predicted octanol–water partition coefficient (Wildman–Crippen LogP) is 4.19. The Morgan fingerprint density at radius 2 is 1.86 bits per heavy atom. The molecule has 2 aliphatic heterocycles. The van der Waals surface area contributed by atoms with Gasteiger partial charge in [0.2, 0.25) is 5.79 Å². The van der Waals surface area contributed by atoms with Crippen molar-refractivity contribution >= 4 is 22.5 Å². The van der Waals surface area contributed by atoms with Crippen LogP contribution in [0.3, 0.4) is 0 Å². The number of ether oxygens (including phenoxy) is 3. The molecule has 0 amide bonds. The lowest BCUT2D eigenvalue weighted by Crippen LogP contribution is -2.35. The molecule has 2 aromatic carbocycles. The fourth-order valence-electron chi connectivity index (χ4n) is 4.58. The monoisotopic (exact) mass is 412 g/mol. The second-order valence-electron chi connectivity index (χ2n) is 7.84. The van der Waals surface area contributed by atoms with Gasteiger partial charge in [0.05, 0.1) is 26.9 Å². The van der Waals surface area contributed by atoms with E-state index < -0.39 is 5.79 Å². The summed E-state index contributed by atoms with van der Waals surface area (Å²) in [7, 11) is 3.84. The predicted molar refractivity (Wildman–Crippen MR) is 114 cm³/mol. The standard InChI is InChI=1S/C23H25ClN2O3/c1-25-10-9-19-20-13-17(24)5-8-21(20)26(22(19)14-25)15-23(28-11-12-29-23)16-3-6-18(27-2)7-4-16/h3-8,13H,9-12,14-15H2,1-2H3. The second kappa shape index (κ2) is 7.33. The summed E-state index contributed by atoms with van der Waals surface area (Å²) < 4.78 is 20.2. The Bertz CT molecular complexity index is 1040. The molecule has 0 bridgehead atoms. The zero-order valence-electron chi connectivity index (χ0n) is 16.8. The first-order chi connectivity index (χ1) is 14.1. The summed E-state index contributed by atoms with van der Waals surface area (Å²) in [6.07, 6.45) is 1.02. The smallest absolute Gasteiger partial charge is 0.213 e. The molecule has 5 nitrogen and oxygen atoms in total. The number of nitrogens with zero attached hydrogens (tertiary/aromatic N) is 2. The van der Waals surface area contributed by atoms with E-state index in [-0.39, 0.29) is 0 Å². The SMILES string of the molecule is COc1ccc(C2(Cn3c4c(c5cc(Cl)ccc53)CCN(C)C4)OCCO2)cc1. The Balaban J connectivity index is 1.63. The third-order valence-corrected chi connectivity index (χ3v) is 6.30. The van der Waals surface area contributed by atoms with Gasteiger partial charge in [-0.1, -0.05) is 11.6 Å². The highest BCUT2D eigenvalue weighted by atomic mass is 35.5. The molecule has 29 heavy (non-hydrogen) atoms. The van der Waals surface area contributed by atoms with Crippen LogP contribution in [0.4, 0.5) is 0 Å². The van der Waals surface area contributed by atoms with Crippen LogP contribution >= 0.6 is 11.6 Å². The first kappa shape index (κ1) is 18.9. The van der Waals surface area contributed by atoms with E-state index in [1.807, 2.05) is 30.3 Å². The number of halogens is 1. The minimum atomic E-state index is -0.804. The highest BCUT2D eigenvalue weighted by molar-refractivity contribution is 6.31. The summed E-state index contributed by atoms with van der Waals surface area (Å²) in [5.74, 6) is 0.0173. The van der Waals surface area contributed by atoms with Crippen LogP contribution in [0.25, 0.3) is 10.9 Å². The summed E-state index contributed by atoms with van der Waals surface area (Å²) in [5, 5.41) is 2.01. The maximum Gasteiger partial charge on any atom is 0.213 e. The molecule has 152 valence electrons. The lowest BCUT2D eigenvalue weighted by molar-refractivity contribution is -0.175. The highest BCUT2D eigenvalue weighted by Gasteiger charge is 2.40. The van der Waals surface area contributed by atoms with E-state index in [4.69, 9.17) is 25.8 Å². The largest absolute Gasteiger partial charge is 0.497 e. The summed E-state index contributed by atoms with van der Waals surface area (Å²) in [6.45, 7) is 3.72. The van der Waals surface area contributed by atoms with Crippen molar-refractivity contribution in [3.8, 4) is 5.75 Å². The molecule has 3 heterocycles. The number of hydrogen-bond acceptors (Lipinski definition) is 4. The Morgan fingerprint density at radius 1 is 1.10 bits per heavy atom. The van der Waals surface area contributed by atoms with Crippen molar-refractivity contribution in [1.82, 2.24) is 9.47 Å². The molecule has 0 N–H and O–H groups in total. The van der Waals surface area contributed by atoms with E-state index in [0.29, 0.717) is 19.8 Å². The van der Waals surface area contributed by atoms with Crippen LogP contribution in [0.1, 0.15) is 16.8 Å². The normalized spacial score (nSPS) is 18.9. The average molecular weight is 413 g/mol. The number of hydrogen-bond donors (Lipinski definition) is 0. The van der Waals surface area contributed by atoms with E-state index in [1.54, 1.807) is 7.11 Å². The molecule has 0 atom stereocenters. The summed E-state index contributed by atoms with van der Waals surface area (Å²) in [6, 6.07) is 14.2. The third kappa shape index (κ3) is 3.22. The van der Waals surface area contributed by atoms with Crippen LogP contribution in [-0.4, -0.2) is 43.4 Å². The number of likely N-dealkylation sites (N-methyl/N-ethyl adjacent to an activating group) is 1. The van der Waals surface area contributed by atoms with Crippen LogP contribution in [-0.2, 0) is 34.8 Å². The first-order valence-corrected chi connectivity index (χ1v) is 10.4. The minimum absolute atomic E-state index is 0.582. The molecular weight excluding hydrogens is 388 g/mol. The Morgan fingerprint density at radius 3 is 2.59 bits per heavy atom. The van der Waals surface area contributed by atoms with Crippen molar-refractivity contribution in [2.24, 2.45) is 0 Å². The molecule has 0 spiro atoms. The lowest BCUT2D eigenvalue weighted by atomic mass is 10.0. The molecule has 5 rings (SSSR count). The number of methoxy groups -OCH3 is 1. The number of rotatable bonds is 4. The fraction of sp³-hybridized carbons (Fsp3) is 0.391. The van der Waals surface area contributed by atoms with Gasteiger partial charge in [-0.05, 0) is 61.5 Å². The van der Waals surface area contributed by atoms with Crippen molar-refractivity contribution in [3.05, 3.63) is 64.3 Å². The van der Waals surface area contributed by atoms with E-state index in [9.17, 15) is 0 Å². The molecule has 3 aromatic rings. The highest BCUT2D eigenvalue weighted by Crippen LogP contribution is 2.39. The molecule has 0 unspecified atom stereocenters. The Hall–Kier alpha value is -2.05. The van der Waals surface area contributed by atoms with Gasteiger partial charge in [-0.15, -0.1) is 0 Å². The molecule has 2 aliphatic rings. The van der Waals surface area contributed by atoms with Gasteiger partial charge in [0.25, 0.3) is 0 Å². The number of benzene rings is 2. The van der Waals surface area contributed by atoms with E-state index in [0.717, 1.165) is 35.8 Å². The number of aromatic nitrogens is 1. The third-order valence-electron chi connectivity index (χ3n) is 6.06. The van der Waals surface area contributed by atoms with Crippen LogP contribution < -0.4 is 4.74 Å². The zero-order chi connectivity index (χ0) is 20.0. The lowest BCUT2D eigenvalue weighted by Gasteiger charge is -2.31. The quantitative estimate of drug-likeness (QED) is 0.643. The zero-order valence-corrected chi connectivity index (χ0v) is 17.5. The number of fused-ring (bicyclic) bond motifs is 3. The van der Waals surface area contributed by atoms with Crippen LogP contribution in [0.15, 0.2) is 42.5 Å². The first-order valence-electron chi connectivity index (χ1n) is 10.0. The van der Waals surface area contributed by atoms with Crippen LogP contribution in [0.2, 0.25) is 5.02 Å². The molecule has 1 aromatic heterocycles. The average Bonchev–Trinajstić information content (AvgIpc) is 3.32. The molecule has 0 aliphatic carbocycles. The van der Waals surface area contributed by atoms with Gasteiger partial charge in [0.15, 0.2) is 0 Å². The maximum atomic E-state index is 6.34. The van der Waals surface area contributed by atoms with Crippen molar-refractivity contribution < 1.29 is 14.2 Å². The van der Waals surface area contributed by atoms with Gasteiger partial charge in [0, 0.05) is 40.3 Å². The Kier molecular flexibility index (Phi) is 4.79. The van der Waals surface area contributed by atoms with Crippen LogP contribution in [0.5, 0.6) is 5.75 Å². The topological polar surface area (TPSA) is 35.9 Å². The fourth-order valence-corrected chi connectivity index (χ4v) is 4.76. The van der Waals surface area contributed by atoms with E-state index >= 15 is 0 Å². The van der Waals surface area contributed by atoms with Crippen LogP contribution in [0, 0.1) is 0 Å². The van der Waals surface area contributed by atoms with Crippen molar-refractivity contribution in [2.75, 3.05) is 33.9 Å². The maximum absolute atomic E-state index is 6.34. The van der Waals surface area contributed by atoms with Gasteiger partial charge >= 0.3 is 0 Å². The summed E-state index contributed by atoms with van der Waals surface area (Å²) in [5.41, 5.74) is 4.90. The molecule has 1 saturated heterocycles. The van der Waals surface area contributed by atoms with Gasteiger partial charge in [-0.3, -0.25) is 0 Å². The molecule has 0 saturated carbocycles. The van der Waals surface area contributed by atoms with Gasteiger partial charge in [0.1, 0.15) is 5.75 Å². The summed E-state index contributed by atoms with van der Waals surface area (Å²) in [4.78, 5) is 2.36. The van der Waals surface area contributed by atoms with Gasteiger partial charge < -0.3 is 23.7 Å². The molecule has 0 radical (unpaired) electrons. The van der Waals surface area contributed by atoms with Crippen molar-refractivity contribution in [1.29, 1.82) is 0 Å². The molecule has 6 heteroatoms. The van der Waals surface area contributed by atoms with E-state index in [2.05, 4.69) is 28.6 Å². The van der Waals surface area contributed by atoms with Gasteiger partial charge in [-0.25, -0.2) is 0 Å².